The van der Waals surface area contributed by atoms with E-state index in [1.54, 1.807) is 0 Å². The molecule has 1 aliphatic heterocycles. The molecular formula is C13H12S. The quantitative estimate of drug-likeness (QED) is 0.625. The lowest BCUT2D eigenvalue weighted by Gasteiger charge is -2.16. The van der Waals surface area contributed by atoms with Crippen molar-refractivity contribution in [3.63, 3.8) is 0 Å². The molecular weight excluding hydrogens is 188 g/mol. The van der Waals surface area contributed by atoms with Gasteiger partial charge >= 0.3 is 0 Å². The van der Waals surface area contributed by atoms with Gasteiger partial charge in [-0.15, -0.1) is 11.8 Å². The van der Waals surface area contributed by atoms with Gasteiger partial charge in [0.2, 0.25) is 0 Å². The van der Waals surface area contributed by atoms with E-state index >= 15 is 0 Å². The fraction of sp³-hybridized carbons (Fsp3) is 0.231. The molecule has 0 nitrogen and oxygen atoms in total. The van der Waals surface area contributed by atoms with Crippen LogP contribution in [-0.4, -0.2) is 4.75 Å². The van der Waals surface area contributed by atoms with Gasteiger partial charge in [0, 0.05) is 0 Å². The molecule has 1 saturated heterocycles. The highest BCUT2D eigenvalue weighted by atomic mass is 32.2. The molecule has 0 amide bonds. The minimum atomic E-state index is 0.225. The van der Waals surface area contributed by atoms with Crippen molar-refractivity contribution >= 4 is 11.8 Å². The SMILES string of the molecule is CC12C=CC=CC1(c1ccccc1)S2. The van der Waals surface area contributed by atoms with E-state index in [-0.39, 0.29) is 4.75 Å². The molecule has 0 N–H and O–H groups in total. The Morgan fingerprint density at radius 3 is 2.43 bits per heavy atom. The van der Waals surface area contributed by atoms with Crippen molar-refractivity contribution in [2.24, 2.45) is 0 Å². The van der Waals surface area contributed by atoms with E-state index in [0.717, 1.165) is 0 Å². The summed E-state index contributed by atoms with van der Waals surface area (Å²) in [6.45, 7) is 2.31. The van der Waals surface area contributed by atoms with Gasteiger partial charge in [-0.25, -0.2) is 0 Å². The molecule has 0 saturated carbocycles. The van der Waals surface area contributed by atoms with E-state index in [1.807, 2.05) is 11.8 Å². The smallest absolute Gasteiger partial charge is 0.0779 e. The Morgan fingerprint density at radius 2 is 1.71 bits per heavy atom. The predicted octanol–water partition coefficient (Wildman–Crippen LogP) is 3.51. The van der Waals surface area contributed by atoms with Crippen LogP contribution in [-0.2, 0) is 4.75 Å². The Morgan fingerprint density at radius 1 is 1.00 bits per heavy atom. The van der Waals surface area contributed by atoms with Crippen molar-refractivity contribution in [2.45, 2.75) is 16.4 Å². The van der Waals surface area contributed by atoms with E-state index < -0.39 is 0 Å². The molecule has 1 aliphatic carbocycles. The van der Waals surface area contributed by atoms with Gasteiger partial charge in [-0.2, -0.15) is 0 Å². The molecule has 0 radical (unpaired) electrons. The normalized spacial score (nSPS) is 38.1. The second-order valence-electron chi connectivity index (χ2n) is 4.03. The Hall–Kier alpha value is -0.950. The maximum atomic E-state index is 2.33. The molecule has 2 aliphatic rings. The van der Waals surface area contributed by atoms with Crippen molar-refractivity contribution in [3.05, 3.63) is 60.2 Å². The van der Waals surface area contributed by atoms with Crippen molar-refractivity contribution in [3.8, 4) is 0 Å². The highest BCUT2D eigenvalue weighted by molar-refractivity contribution is 8.09. The van der Waals surface area contributed by atoms with Gasteiger partial charge < -0.3 is 0 Å². The van der Waals surface area contributed by atoms with Crippen LogP contribution in [0.3, 0.4) is 0 Å². The zero-order valence-corrected chi connectivity index (χ0v) is 8.92. The second-order valence-corrected chi connectivity index (χ2v) is 5.73. The standard InChI is InChI=1S/C13H12S/c1-12-9-5-6-10-13(12,14-12)11-7-3-2-4-8-11/h2-10H,1H3. The second kappa shape index (κ2) is 2.54. The summed E-state index contributed by atoms with van der Waals surface area (Å²) in [6.07, 6.45) is 8.95. The maximum Gasteiger partial charge on any atom is 0.0779 e. The summed E-state index contributed by atoms with van der Waals surface area (Å²) >= 11 is 2.03. The summed E-state index contributed by atoms with van der Waals surface area (Å²) in [4.78, 5) is 0. The summed E-state index contributed by atoms with van der Waals surface area (Å²) < 4.78 is 0.520. The first-order chi connectivity index (χ1) is 6.77. The molecule has 2 unspecified atom stereocenters. The average Bonchev–Trinajstić information content (AvgIpc) is 2.87. The monoisotopic (exact) mass is 200 g/mol. The summed E-state index contributed by atoms with van der Waals surface area (Å²) in [5.41, 5.74) is 1.42. The first kappa shape index (κ1) is 8.37. The number of fused-ring (bicyclic) bond motifs is 1. The summed E-state index contributed by atoms with van der Waals surface area (Å²) in [5, 5.41) is 0. The lowest BCUT2D eigenvalue weighted by Crippen LogP contribution is -2.18. The first-order valence-electron chi connectivity index (χ1n) is 4.90. The minimum Gasteiger partial charge on any atom is -0.131 e. The van der Waals surface area contributed by atoms with Crippen LogP contribution in [0.5, 0.6) is 0 Å². The largest absolute Gasteiger partial charge is 0.131 e. The molecule has 1 fully saturated rings. The van der Waals surface area contributed by atoms with Crippen molar-refractivity contribution < 1.29 is 0 Å². The zero-order valence-electron chi connectivity index (χ0n) is 8.10. The van der Waals surface area contributed by atoms with Gasteiger partial charge in [0.25, 0.3) is 0 Å². The van der Waals surface area contributed by atoms with Crippen LogP contribution >= 0.6 is 11.8 Å². The average molecular weight is 200 g/mol. The molecule has 14 heavy (non-hydrogen) atoms. The Labute approximate surface area is 88.7 Å². The molecule has 70 valence electrons. The van der Waals surface area contributed by atoms with Crippen molar-refractivity contribution in [1.29, 1.82) is 0 Å². The molecule has 1 aromatic rings. The van der Waals surface area contributed by atoms with Gasteiger partial charge in [-0.1, -0.05) is 54.6 Å². The number of benzene rings is 1. The van der Waals surface area contributed by atoms with E-state index in [9.17, 15) is 0 Å². The molecule has 0 spiro atoms. The molecule has 1 heteroatoms. The van der Waals surface area contributed by atoms with E-state index in [2.05, 4.69) is 61.6 Å². The Balaban J connectivity index is 2.10. The highest BCUT2D eigenvalue weighted by Gasteiger charge is 2.64. The van der Waals surface area contributed by atoms with Crippen LogP contribution < -0.4 is 0 Å². The number of hydrogen-bond acceptors (Lipinski definition) is 1. The van der Waals surface area contributed by atoms with Crippen LogP contribution in [0.2, 0.25) is 0 Å². The molecule has 3 rings (SSSR count). The fourth-order valence-electron chi connectivity index (χ4n) is 2.22. The third kappa shape index (κ3) is 0.908. The summed E-state index contributed by atoms with van der Waals surface area (Å²) in [6, 6.07) is 10.8. The van der Waals surface area contributed by atoms with Gasteiger partial charge in [0.15, 0.2) is 0 Å². The van der Waals surface area contributed by atoms with Crippen LogP contribution in [0.25, 0.3) is 0 Å². The molecule has 0 bridgehead atoms. The van der Waals surface area contributed by atoms with E-state index in [0.29, 0.717) is 4.75 Å². The first-order valence-corrected chi connectivity index (χ1v) is 5.71. The van der Waals surface area contributed by atoms with E-state index in [4.69, 9.17) is 0 Å². The fourth-order valence-corrected chi connectivity index (χ4v) is 3.64. The molecule has 2 atom stereocenters. The lowest BCUT2D eigenvalue weighted by molar-refractivity contribution is 0.741. The van der Waals surface area contributed by atoms with Crippen LogP contribution in [0, 0.1) is 0 Å². The third-order valence-electron chi connectivity index (χ3n) is 3.13. The summed E-state index contributed by atoms with van der Waals surface area (Å²) in [5.74, 6) is 0. The van der Waals surface area contributed by atoms with Gasteiger partial charge in [-0.05, 0) is 12.5 Å². The minimum absolute atomic E-state index is 0.225. The molecule has 0 aromatic heterocycles. The zero-order chi connectivity index (χ0) is 9.65. The third-order valence-corrected chi connectivity index (χ3v) is 4.92. The lowest BCUT2D eigenvalue weighted by atomic mass is 9.84. The highest BCUT2D eigenvalue weighted by Crippen LogP contribution is 2.72. The maximum absolute atomic E-state index is 2.33. The predicted molar refractivity (Wildman–Crippen MR) is 62.4 cm³/mol. The molecule has 1 heterocycles. The number of hydrogen-bond donors (Lipinski definition) is 0. The number of thioether (sulfide) groups is 1. The number of allylic oxidation sites excluding steroid dienone is 2. The van der Waals surface area contributed by atoms with Crippen molar-refractivity contribution in [2.75, 3.05) is 0 Å². The van der Waals surface area contributed by atoms with E-state index in [1.165, 1.54) is 5.56 Å². The Bertz CT molecular complexity index is 418. The summed E-state index contributed by atoms with van der Waals surface area (Å²) in [7, 11) is 0. The van der Waals surface area contributed by atoms with Crippen LogP contribution in [0.4, 0.5) is 0 Å². The topological polar surface area (TPSA) is 0 Å². The van der Waals surface area contributed by atoms with Gasteiger partial charge in [-0.3, -0.25) is 0 Å². The molecule has 1 aromatic carbocycles. The van der Waals surface area contributed by atoms with Gasteiger partial charge in [0.1, 0.15) is 0 Å². The van der Waals surface area contributed by atoms with Crippen molar-refractivity contribution in [1.82, 2.24) is 0 Å². The van der Waals surface area contributed by atoms with Crippen LogP contribution in [0.1, 0.15) is 12.5 Å². The van der Waals surface area contributed by atoms with Crippen LogP contribution in [0.15, 0.2) is 54.6 Å². The number of rotatable bonds is 1. The van der Waals surface area contributed by atoms with Gasteiger partial charge in [0.05, 0.1) is 9.49 Å². The Kier molecular flexibility index (Phi) is 1.52.